The van der Waals surface area contributed by atoms with Crippen LogP contribution < -0.4 is 9.80 Å². The van der Waals surface area contributed by atoms with Crippen LogP contribution in [0.1, 0.15) is 24.5 Å². The fraction of sp³-hybridized carbons (Fsp3) is 0.389. The Morgan fingerprint density at radius 2 is 1.42 bits per heavy atom. The van der Waals surface area contributed by atoms with Crippen molar-refractivity contribution >= 4 is 11.6 Å². The van der Waals surface area contributed by atoms with Gasteiger partial charge in [-0.25, -0.2) is 24.6 Å². The summed E-state index contributed by atoms with van der Waals surface area (Å²) in [6, 6.07) is 6.03. The van der Waals surface area contributed by atoms with E-state index in [4.69, 9.17) is 0 Å². The third-order valence-electron chi connectivity index (χ3n) is 4.97. The van der Waals surface area contributed by atoms with E-state index in [1.54, 1.807) is 23.5 Å². The van der Waals surface area contributed by atoms with Gasteiger partial charge in [0, 0.05) is 62.3 Å². The number of piperazine rings is 1. The average molecular weight is 348 g/mol. The van der Waals surface area contributed by atoms with Gasteiger partial charge in [0.2, 0.25) is 0 Å². The lowest BCUT2D eigenvalue weighted by molar-refractivity contribution is 0.638. The first-order chi connectivity index (χ1) is 12.9. The number of rotatable bonds is 4. The maximum Gasteiger partial charge on any atom is 0.158 e. The molecule has 0 spiro atoms. The molecule has 5 rings (SSSR count). The lowest BCUT2D eigenvalue weighted by Crippen LogP contribution is -2.47. The predicted molar refractivity (Wildman–Crippen MR) is 97.6 cm³/mol. The van der Waals surface area contributed by atoms with Crippen molar-refractivity contribution < 1.29 is 0 Å². The molecule has 8 nitrogen and oxygen atoms in total. The zero-order valence-corrected chi connectivity index (χ0v) is 14.4. The molecule has 0 amide bonds. The molecule has 0 unspecified atom stereocenters. The molecule has 0 N–H and O–H groups in total. The summed E-state index contributed by atoms with van der Waals surface area (Å²) < 4.78 is 1.75. The van der Waals surface area contributed by atoms with Crippen LogP contribution in [0.5, 0.6) is 0 Å². The molecule has 3 aromatic heterocycles. The minimum absolute atomic E-state index is 0.653. The molecule has 1 saturated carbocycles. The first kappa shape index (κ1) is 15.2. The van der Waals surface area contributed by atoms with Crippen molar-refractivity contribution in [3.63, 3.8) is 0 Å². The Bertz CT molecular complexity index is 882. The van der Waals surface area contributed by atoms with Crippen molar-refractivity contribution in [2.75, 3.05) is 36.0 Å². The van der Waals surface area contributed by atoms with E-state index >= 15 is 0 Å². The molecule has 0 radical (unpaired) electrons. The summed E-state index contributed by atoms with van der Waals surface area (Å²) in [5.74, 6) is 3.42. The van der Waals surface area contributed by atoms with E-state index in [1.807, 2.05) is 18.3 Å². The van der Waals surface area contributed by atoms with Crippen molar-refractivity contribution in [2.45, 2.75) is 18.8 Å². The van der Waals surface area contributed by atoms with Crippen LogP contribution in [0, 0.1) is 0 Å². The topological polar surface area (TPSA) is 75.9 Å². The third-order valence-corrected chi connectivity index (χ3v) is 4.97. The van der Waals surface area contributed by atoms with Gasteiger partial charge in [-0.3, -0.25) is 0 Å². The van der Waals surface area contributed by atoms with Crippen molar-refractivity contribution in [2.24, 2.45) is 0 Å². The molecule has 8 heteroatoms. The SMILES string of the molecule is c1cnn(-c2cc(N3CCN(c4cc(C5CC5)ncn4)CC3)ncn2)c1. The second kappa shape index (κ2) is 6.36. The lowest BCUT2D eigenvalue weighted by atomic mass is 10.2. The number of nitrogens with zero attached hydrogens (tertiary/aromatic N) is 8. The van der Waals surface area contributed by atoms with Gasteiger partial charge in [0.05, 0.1) is 0 Å². The van der Waals surface area contributed by atoms with Crippen molar-refractivity contribution in [3.8, 4) is 5.82 Å². The lowest BCUT2D eigenvalue weighted by Gasteiger charge is -2.36. The summed E-state index contributed by atoms with van der Waals surface area (Å²) in [7, 11) is 0. The quantitative estimate of drug-likeness (QED) is 0.709. The van der Waals surface area contributed by atoms with E-state index in [0.717, 1.165) is 43.6 Å². The highest BCUT2D eigenvalue weighted by Crippen LogP contribution is 2.39. The van der Waals surface area contributed by atoms with Crippen molar-refractivity contribution in [1.29, 1.82) is 0 Å². The monoisotopic (exact) mass is 348 g/mol. The Kier molecular flexibility index (Phi) is 3.73. The molecular formula is C18H20N8. The smallest absolute Gasteiger partial charge is 0.158 e. The fourth-order valence-electron chi connectivity index (χ4n) is 3.34. The highest BCUT2D eigenvalue weighted by atomic mass is 15.3. The largest absolute Gasteiger partial charge is 0.353 e. The summed E-state index contributed by atoms with van der Waals surface area (Å²) in [6.07, 6.45) is 9.46. The predicted octanol–water partition coefficient (Wildman–Crippen LogP) is 1.66. The van der Waals surface area contributed by atoms with E-state index in [0.29, 0.717) is 5.92 Å². The molecule has 26 heavy (non-hydrogen) atoms. The summed E-state index contributed by atoms with van der Waals surface area (Å²) >= 11 is 0. The third kappa shape index (κ3) is 2.98. The molecule has 1 aliphatic heterocycles. The summed E-state index contributed by atoms with van der Waals surface area (Å²) in [5, 5.41) is 4.24. The molecule has 0 bridgehead atoms. The van der Waals surface area contributed by atoms with Gasteiger partial charge >= 0.3 is 0 Å². The molecule has 132 valence electrons. The van der Waals surface area contributed by atoms with Crippen LogP contribution in [-0.2, 0) is 0 Å². The molecule has 1 saturated heterocycles. The van der Waals surface area contributed by atoms with Crippen LogP contribution in [-0.4, -0.2) is 55.9 Å². The summed E-state index contributed by atoms with van der Waals surface area (Å²) in [6.45, 7) is 3.64. The highest BCUT2D eigenvalue weighted by Gasteiger charge is 2.26. The first-order valence-electron chi connectivity index (χ1n) is 9.01. The van der Waals surface area contributed by atoms with Gasteiger partial charge in [-0.05, 0) is 18.9 Å². The van der Waals surface area contributed by atoms with Gasteiger partial charge in [0.25, 0.3) is 0 Å². The summed E-state index contributed by atoms with van der Waals surface area (Å²) in [4.78, 5) is 22.3. The number of aromatic nitrogens is 6. The second-order valence-corrected chi connectivity index (χ2v) is 6.73. The van der Waals surface area contributed by atoms with E-state index in [-0.39, 0.29) is 0 Å². The Labute approximate surface area is 151 Å². The molecule has 0 aromatic carbocycles. The van der Waals surface area contributed by atoms with Crippen LogP contribution in [0.25, 0.3) is 5.82 Å². The molecule has 2 fully saturated rings. The van der Waals surface area contributed by atoms with E-state index < -0.39 is 0 Å². The standard InChI is InChI=1S/C18H20N8/c1-4-23-26(5-1)18-11-17(21-13-22-18)25-8-6-24(7-9-25)16-10-15(14-2-3-14)19-12-20-16/h1,4-5,10-14H,2-3,6-9H2. The average Bonchev–Trinajstić information content (AvgIpc) is 3.42. The normalized spacial score (nSPS) is 17.5. The maximum atomic E-state index is 4.48. The molecule has 1 aliphatic carbocycles. The van der Waals surface area contributed by atoms with Gasteiger partial charge in [0.1, 0.15) is 24.3 Å². The Morgan fingerprint density at radius 3 is 2.08 bits per heavy atom. The minimum atomic E-state index is 0.653. The second-order valence-electron chi connectivity index (χ2n) is 6.73. The maximum absolute atomic E-state index is 4.48. The zero-order valence-electron chi connectivity index (χ0n) is 14.4. The van der Waals surface area contributed by atoms with Crippen molar-refractivity contribution in [3.05, 3.63) is 48.9 Å². The summed E-state index contributed by atoms with van der Waals surface area (Å²) in [5.41, 5.74) is 1.19. The van der Waals surface area contributed by atoms with Crippen LogP contribution in [0.3, 0.4) is 0 Å². The zero-order chi connectivity index (χ0) is 17.3. The van der Waals surface area contributed by atoms with E-state index in [2.05, 4.69) is 40.9 Å². The van der Waals surface area contributed by atoms with Gasteiger partial charge in [-0.1, -0.05) is 0 Å². The van der Waals surface area contributed by atoms with Crippen LogP contribution in [0.2, 0.25) is 0 Å². The van der Waals surface area contributed by atoms with E-state index in [9.17, 15) is 0 Å². The first-order valence-corrected chi connectivity index (χ1v) is 9.01. The Balaban J connectivity index is 1.28. The molecule has 2 aliphatic rings. The van der Waals surface area contributed by atoms with Crippen LogP contribution >= 0.6 is 0 Å². The highest BCUT2D eigenvalue weighted by molar-refractivity contribution is 5.47. The molecule has 4 heterocycles. The number of hydrogen-bond donors (Lipinski definition) is 0. The van der Waals surface area contributed by atoms with Gasteiger partial charge in [-0.15, -0.1) is 0 Å². The van der Waals surface area contributed by atoms with Gasteiger partial charge < -0.3 is 9.80 Å². The minimum Gasteiger partial charge on any atom is -0.353 e. The van der Waals surface area contributed by atoms with Crippen LogP contribution in [0.15, 0.2) is 43.2 Å². The molecule has 3 aromatic rings. The Morgan fingerprint density at radius 1 is 0.769 bits per heavy atom. The van der Waals surface area contributed by atoms with E-state index in [1.165, 1.54) is 18.5 Å². The number of anilines is 2. The number of hydrogen-bond acceptors (Lipinski definition) is 7. The van der Waals surface area contributed by atoms with Crippen LogP contribution in [0.4, 0.5) is 11.6 Å². The van der Waals surface area contributed by atoms with Crippen molar-refractivity contribution in [1.82, 2.24) is 29.7 Å². The van der Waals surface area contributed by atoms with Gasteiger partial charge in [0.15, 0.2) is 5.82 Å². The van der Waals surface area contributed by atoms with Gasteiger partial charge in [-0.2, -0.15) is 5.10 Å². The molecular weight excluding hydrogens is 328 g/mol. The fourth-order valence-corrected chi connectivity index (χ4v) is 3.34. The molecule has 0 atom stereocenters. The Hall–Kier alpha value is -3.03.